The minimum Gasteiger partial charge on any atom is -0.504 e. The first-order valence-corrected chi connectivity index (χ1v) is 10.4. The molecule has 2 heterocycles. The number of amides is 1. The van der Waals surface area contributed by atoms with Crippen molar-refractivity contribution in [1.82, 2.24) is 10.2 Å². The maximum atomic E-state index is 12.5. The zero-order valence-electron chi connectivity index (χ0n) is 17.2. The van der Waals surface area contributed by atoms with Crippen LogP contribution in [-0.4, -0.2) is 42.2 Å². The van der Waals surface area contributed by atoms with Crippen LogP contribution in [0.1, 0.15) is 37.5 Å². The van der Waals surface area contributed by atoms with Crippen LogP contribution in [0.4, 0.5) is 0 Å². The average Bonchev–Trinajstić information content (AvgIpc) is 3.17. The normalized spacial score (nSPS) is 21.7. The van der Waals surface area contributed by atoms with Crippen molar-refractivity contribution in [3.63, 3.8) is 0 Å². The minimum atomic E-state index is 0.149. The van der Waals surface area contributed by atoms with E-state index in [0.29, 0.717) is 18.3 Å². The summed E-state index contributed by atoms with van der Waals surface area (Å²) < 4.78 is 10.5. The fourth-order valence-electron chi connectivity index (χ4n) is 4.71. The Hall–Kier alpha value is -2.47. The molecule has 1 saturated heterocycles. The van der Waals surface area contributed by atoms with Crippen LogP contribution in [0.3, 0.4) is 0 Å². The number of carbonyl (C=O) groups is 1. The molecule has 6 nitrogen and oxygen atoms in total. The number of nitrogens with one attached hydrogen (secondary N) is 1. The van der Waals surface area contributed by atoms with Crippen LogP contribution < -0.4 is 10.1 Å². The Kier molecular flexibility index (Phi) is 5.54. The molecule has 0 bridgehead atoms. The number of piperidine rings is 1. The molecule has 1 aromatic carbocycles. The first-order chi connectivity index (χ1) is 14.0. The molecule has 156 valence electrons. The van der Waals surface area contributed by atoms with Crippen LogP contribution >= 0.6 is 0 Å². The highest BCUT2D eigenvalue weighted by molar-refractivity contribution is 5.82. The molecule has 2 fully saturated rings. The second kappa shape index (κ2) is 8.11. The Morgan fingerprint density at radius 2 is 2.17 bits per heavy atom. The third kappa shape index (κ3) is 4.27. The molecular weight excluding hydrogens is 368 g/mol. The van der Waals surface area contributed by atoms with Crippen molar-refractivity contribution >= 4 is 5.91 Å². The van der Waals surface area contributed by atoms with E-state index in [4.69, 9.17) is 9.15 Å². The zero-order valence-corrected chi connectivity index (χ0v) is 17.2. The number of phenolic OH excluding ortho intramolecular Hbond substituents is 1. The topological polar surface area (TPSA) is 74.9 Å². The number of hydrogen-bond donors (Lipinski definition) is 2. The second-order valence-corrected chi connectivity index (χ2v) is 8.51. The Bertz CT molecular complexity index is 841. The minimum absolute atomic E-state index is 0.149. The molecule has 2 aliphatic rings. The van der Waals surface area contributed by atoms with Gasteiger partial charge in [-0.25, -0.2) is 0 Å². The molecule has 4 rings (SSSR count). The van der Waals surface area contributed by atoms with Crippen molar-refractivity contribution < 1.29 is 19.1 Å². The van der Waals surface area contributed by atoms with Crippen LogP contribution in [0.25, 0.3) is 0 Å². The summed E-state index contributed by atoms with van der Waals surface area (Å²) in [7, 11) is 1.57. The summed E-state index contributed by atoms with van der Waals surface area (Å²) in [6, 6.07) is 9.70. The molecule has 0 radical (unpaired) electrons. The monoisotopic (exact) mass is 398 g/mol. The lowest BCUT2D eigenvalue weighted by molar-refractivity contribution is -0.123. The Balaban J connectivity index is 1.25. The number of carbonyl (C=O) groups excluding carboxylic acids is 1. The lowest BCUT2D eigenvalue weighted by Gasteiger charge is -2.37. The highest BCUT2D eigenvalue weighted by Crippen LogP contribution is 2.59. The molecule has 1 saturated carbocycles. The molecule has 2 aromatic rings. The summed E-state index contributed by atoms with van der Waals surface area (Å²) in [5.41, 5.74) is 1.36. The number of benzene rings is 1. The standard InChI is InChI=1S/C23H30N2O4/c1-16(12-17-5-6-20(26)21(13-17)28-2)25-9-7-23(8-10-25)14-19(23)22(27)24-15-18-4-3-11-29-18/h3-6,11,13,16,19,26H,7-10,12,14-15H2,1-2H3,(H,24,27)/t16-,19+/m1/s1. The van der Waals surface area contributed by atoms with E-state index in [1.165, 1.54) is 0 Å². The summed E-state index contributed by atoms with van der Waals surface area (Å²) in [6.45, 7) is 4.77. The van der Waals surface area contributed by atoms with Gasteiger partial charge in [0.25, 0.3) is 0 Å². The SMILES string of the molecule is COc1cc(C[C@@H](C)N2CCC3(CC2)C[C@H]3C(=O)NCc2ccco2)ccc1O. The molecule has 29 heavy (non-hydrogen) atoms. The van der Waals surface area contributed by atoms with Gasteiger partial charge in [0, 0.05) is 12.0 Å². The molecule has 6 heteroatoms. The maximum Gasteiger partial charge on any atom is 0.224 e. The van der Waals surface area contributed by atoms with Crippen LogP contribution in [0.2, 0.25) is 0 Å². The van der Waals surface area contributed by atoms with Crippen molar-refractivity contribution in [2.75, 3.05) is 20.2 Å². The first kappa shape index (κ1) is 19.8. The maximum absolute atomic E-state index is 12.5. The predicted molar refractivity (Wildman–Crippen MR) is 110 cm³/mol. The fourth-order valence-corrected chi connectivity index (χ4v) is 4.71. The van der Waals surface area contributed by atoms with Gasteiger partial charge in [0.05, 0.1) is 19.9 Å². The van der Waals surface area contributed by atoms with Crippen LogP contribution in [-0.2, 0) is 17.8 Å². The van der Waals surface area contributed by atoms with Gasteiger partial charge in [-0.15, -0.1) is 0 Å². The number of methoxy groups -OCH3 is 1. The predicted octanol–water partition coefficient (Wildman–Crippen LogP) is 3.34. The van der Waals surface area contributed by atoms with Crippen molar-refractivity contribution in [2.45, 2.75) is 45.2 Å². The van der Waals surface area contributed by atoms with Gasteiger partial charge in [0.15, 0.2) is 11.5 Å². The summed E-state index contributed by atoms with van der Waals surface area (Å²) in [5.74, 6) is 1.81. The Labute approximate surface area is 171 Å². The fraction of sp³-hybridized carbons (Fsp3) is 0.522. The molecular formula is C23H30N2O4. The van der Waals surface area contributed by atoms with E-state index in [1.54, 1.807) is 19.4 Å². The first-order valence-electron chi connectivity index (χ1n) is 10.4. The third-order valence-corrected chi connectivity index (χ3v) is 6.72. The molecule has 2 atom stereocenters. The van der Waals surface area contributed by atoms with Crippen LogP contribution in [0.15, 0.2) is 41.0 Å². The van der Waals surface area contributed by atoms with E-state index in [-0.39, 0.29) is 23.0 Å². The van der Waals surface area contributed by atoms with Crippen LogP contribution in [0.5, 0.6) is 11.5 Å². The van der Waals surface area contributed by atoms with Crippen molar-refractivity contribution in [2.24, 2.45) is 11.3 Å². The third-order valence-electron chi connectivity index (χ3n) is 6.72. The average molecular weight is 399 g/mol. The molecule has 2 N–H and O–H groups in total. The van der Waals surface area contributed by atoms with Gasteiger partial charge in [-0.2, -0.15) is 0 Å². The Morgan fingerprint density at radius 3 is 2.86 bits per heavy atom. The molecule has 1 aromatic heterocycles. The molecule has 1 amide bonds. The van der Waals surface area contributed by atoms with Gasteiger partial charge < -0.3 is 24.5 Å². The van der Waals surface area contributed by atoms with Gasteiger partial charge >= 0.3 is 0 Å². The van der Waals surface area contributed by atoms with Gasteiger partial charge in [-0.3, -0.25) is 4.79 Å². The largest absolute Gasteiger partial charge is 0.504 e. The molecule has 0 unspecified atom stereocenters. The molecule has 1 spiro atoms. The van der Waals surface area contributed by atoms with E-state index in [0.717, 1.165) is 50.1 Å². The van der Waals surface area contributed by atoms with Crippen molar-refractivity contribution in [3.05, 3.63) is 47.9 Å². The highest BCUT2D eigenvalue weighted by atomic mass is 16.5. The number of hydrogen-bond acceptors (Lipinski definition) is 5. The van der Waals surface area contributed by atoms with E-state index >= 15 is 0 Å². The number of rotatable bonds is 7. The number of aromatic hydroxyl groups is 1. The summed E-state index contributed by atoms with van der Waals surface area (Å²) >= 11 is 0. The van der Waals surface area contributed by atoms with E-state index < -0.39 is 0 Å². The molecule has 1 aliphatic carbocycles. The lowest BCUT2D eigenvalue weighted by Crippen LogP contribution is -2.42. The van der Waals surface area contributed by atoms with E-state index in [9.17, 15) is 9.90 Å². The highest BCUT2D eigenvalue weighted by Gasteiger charge is 2.58. The lowest BCUT2D eigenvalue weighted by atomic mass is 9.89. The number of ether oxygens (including phenoxy) is 1. The van der Waals surface area contributed by atoms with Crippen LogP contribution in [0, 0.1) is 11.3 Å². The number of phenols is 1. The summed E-state index contributed by atoms with van der Waals surface area (Å²) in [5, 5.41) is 12.8. The van der Waals surface area contributed by atoms with Gasteiger partial charge in [-0.05, 0) is 80.9 Å². The van der Waals surface area contributed by atoms with Crippen molar-refractivity contribution in [1.29, 1.82) is 0 Å². The Morgan fingerprint density at radius 1 is 1.38 bits per heavy atom. The number of furan rings is 1. The summed E-state index contributed by atoms with van der Waals surface area (Å²) in [4.78, 5) is 15.0. The number of likely N-dealkylation sites (tertiary alicyclic amines) is 1. The smallest absolute Gasteiger partial charge is 0.224 e. The van der Waals surface area contributed by atoms with Crippen molar-refractivity contribution in [3.8, 4) is 11.5 Å². The van der Waals surface area contributed by atoms with Gasteiger partial charge in [-0.1, -0.05) is 6.07 Å². The van der Waals surface area contributed by atoms with Gasteiger partial charge in [0.1, 0.15) is 5.76 Å². The zero-order chi connectivity index (χ0) is 20.4. The van der Waals surface area contributed by atoms with Gasteiger partial charge in [0.2, 0.25) is 5.91 Å². The van der Waals surface area contributed by atoms with E-state index in [2.05, 4.69) is 17.1 Å². The quantitative estimate of drug-likeness (QED) is 0.748. The second-order valence-electron chi connectivity index (χ2n) is 8.51. The summed E-state index contributed by atoms with van der Waals surface area (Å²) in [6.07, 6.45) is 5.71. The molecule has 1 aliphatic heterocycles. The van der Waals surface area contributed by atoms with E-state index in [1.807, 2.05) is 24.3 Å². The number of nitrogens with zero attached hydrogens (tertiary/aromatic N) is 1.